The number of para-hydroxylation sites is 1. The number of ether oxygens (including phenoxy) is 1. The van der Waals surface area contributed by atoms with E-state index in [1.807, 2.05) is 42.6 Å². The predicted molar refractivity (Wildman–Crippen MR) is 97.8 cm³/mol. The average Bonchev–Trinajstić information content (AvgIpc) is 2.56. The van der Waals surface area contributed by atoms with E-state index in [-0.39, 0.29) is 0 Å². The third-order valence-electron chi connectivity index (χ3n) is 3.37. The maximum atomic E-state index is 5.62. The number of aryl methyl sites for hydroxylation is 1. The van der Waals surface area contributed by atoms with Crippen molar-refractivity contribution in [3.63, 3.8) is 0 Å². The number of rotatable bonds is 7. The van der Waals surface area contributed by atoms with Crippen molar-refractivity contribution in [1.29, 1.82) is 0 Å². The Morgan fingerprint density at radius 1 is 1.27 bits per heavy atom. The van der Waals surface area contributed by atoms with E-state index >= 15 is 0 Å². The van der Waals surface area contributed by atoms with Gasteiger partial charge in [0.25, 0.3) is 0 Å². The van der Waals surface area contributed by atoms with Gasteiger partial charge in [-0.3, -0.25) is 4.99 Å². The highest BCUT2D eigenvalue weighted by atomic mass is 79.9. The predicted octanol–water partition coefficient (Wildman–Crippen LogP) is 3.39. The second kappa shape index (κ2) is 8.76. The topological polar surface area (TPSA) is 47.6 Å². The van der Waals surface area contributed by atoms with Gasteiger partial charge < -0.3 is 10.4 Å². The molecule has 3 nitrogen and oxygen atoms in total. The molecule has 113 valence electrons. The first kappa shape index (κ1) is 16.8. The van der Waals surface area contributed by atoms with Crippen molar-refractivity contribution in [2.45, 2.75) is 19.3 Å². The molecule has 0 atom stereocenters. The lowest BCUT2D eigenvalue weighted by Crippen LogP contribution is -2.23. The highest BCUT2D eigenvalue weighted by Gasteiger charge is 2.02. The van der Waals surface area contributed by atoms with Crippen LogP contribution >= 0.6 is 15.9 Å². The number of unbranched alkanes of at least 4 members (excludes halogenated alkanes) is 1. The van der Waals surface area contributed by atoms with Crippen molar-refractivity contribution in [2.24, 2.45) is 10.6 Å². The van der Waals surface area contributed by atoms with Gasteiger partial charge in [0.15, 0.2) is 0 Å². The van der Waals surface area contributed by atoms with Crippen molar-refractivity contribution in [3.05, 3.63) is 52.5 Å². The Bertz CT molecular complexity index is 646. The molecule has 2 N–H and O–H groups in total. The van der Waals surface area contributed by atoms with Crippen LogP contribution in [0.25, 0.3) is 0 Å². The fourth-order valence-corrected chi connectivity index (χ4v) is 2.61. The van der Waals surface area contributed by atoms with Crippen LogP contribution in [0, 0.1) is 0 Å². The summed E-state index contributed by atoms with van der Waals surface area (Å²) in [5, 5.41) is 0. The largest absolute Gasteiger partial charge is 0.496 e. The number of aliphatic imine (C=N–C) groups is 1. The standard InChI is InChI=1S/C17H19BBrN2O/c1-22-17-8-3-2-6-13(17)7-4-5-11-21-16-10-9-14(19)12-15(16)18-20/h2-3,6,8-12H,4-5,7,20H2,1H3. The van der Waals surface area contributed by atoms with Crippen LogP contribution in [0.1, 0.15) is 18.4 Å². The van der Waals surface area contributed by atoms with Gasteiger partial charge in [-0.2, -0.15) is 0 Å². The van der Waals surface area contributed by atoms with E-state index in [9.17, 15) is 0 Å². The zero-order chi connectivity index (χ0) is 15.8. The second-order valence-electron chi connectivity index (χ2n) is 4.89. The Morgan fingerprint density at radius 2 is 2.09 bits per heavy atom. The average molecular weight is 358 g/mol. The van der Waals surface area contributed by atoms with Gasteiger partial charge in [-0.15, -0.1) is 0 Å². The highest BCUT2D eigenvalue weighted by molar-refractivity contribution is 9.10. The van der Waals surface area contributed by atoms with E-state index < -0.39 is 0 Å². The van der Waals surface area contributed by atoms with Crippen LogP contribution in [0.3, 0.4) is 0 Å². The second-order valence-corrected chi connectivity index (χ2v) is 5.80. The molecule has 2 aromatic rings. The third kappa shape index (κ3) is 4.72. The number of methoxy groups -OCH3 is 1. The van der Waals surface area contributed by atoms with Crippen LogP contribution in [-0.4, -0.2) is 20.7 Å². The lowest BCUT2D eigenvalue weighted by Gasteiger charge is -2.06. The van der Waals surface area contributed by atoms with E-state index in [1.165, 1.54) is 5.56 Å². The zero-order valence-corrected chi connectivity index (χ0v) is 14.2. The molecular formula is C17H19BBrN2O. The van der Waals surface area contributed by atoms with E-state index in [2.05, 4.69) is 27.0 Å². The Kier molecular flexibility index (Phi) is 6.68. The minimum absolute atomic E-state index is 0.892. The molecule has 0 saturated heterocycles. The van der Waals surface area contributed by atoms with Crippen molar-refractivity contribution in [3.8, 4) is 5.75 Å². The first-order chi connectivity index (χ1) is 10.7. The number of nitrogens with two attached hydrogens (primary N) is 1. The third-order valence-corrected chi connectivity index (χ3v) is 3.86. The number of hydrogen-bond acceptors (Lipinski definition) is 3. The fourth-order valence-electron chi connectivity index (χ4n) is 2.23. The molecule has 0 heterocycles. The number of halogens is 1. The molecule has 0 amide bonds. The highest BCUT2D eigenvalue weighted by Crippen LogP contribution is 2.19. The van der Waals surface area contributed by atoms with Gasteiger partial charge in [-0.1, -0.05) is 40.2 Å². The molecule has 0 fully saturated rings. The summed E-state index contributed by atoms with van der Waals surface area (Å²) in [6.07, 6.45) is 4.87. The number of hydrogen-bond donors (Lipinski definition) is 1. The van der Waals surface area contributed by atoms with Gasteiger partial charge in [-0.05, 0) is 48.5 Å². The monoisotopic (exact) mass is 357 g/mol. The van der Waals surface area contributed by atoms with E-state index in [4.69, 9.17) is 10.4 Å². The van der Waals surface area contributed by atoms with Crippen molar-refractivity contribution in [2.75, 3.05) is 7.11 Å². The summed E-state index contributed by atoms with van der Waals surface area (Å²) in [5.41, 5.74) is 8.68. The van der Waals surface area contributed by atoms with Crippen LogP contribution in [0.15, 0.2) is 51.9 Å². The molecule has 0 aliphatic heterocycles. The normalized spacial score (nSPS) is 10.9. The molecular weight excluding hydrogens is 339 g/mol. The Hall–Kier alpha value is -1.59. The van der Waals surface area contributed by atoms with Crippen LogP contribution < -0.4 is 15.8 Å². The molecule has 0 saturated carbocycles. The first-order valence-electron chi connectivity index (χ1n) is 7.23. The Morgan fingerprint density at radius 3 is 2.86 bits per heavy atom. The van der Waals surface area contributed by atoms with Crippen LogP contribution in [0.5, 0.6) is 5.75 Å². The summed E-state index contributed by atoms with van der Waals surface area (Å²) < 4.78 is 6.36. The minimum Gasteiger partial charge on any atom is -0.496 e. The van der Waals surface area contributed by atoms with Gasteiger partial charge in [0.05, 0.1) is 12.8 Å². The number of benzene rings is 2. The summed E-state index contributed by atoms with van der Waals surface area (Å²) in [4.78, 5) is 4.50. The minimum atomic E-state index is 0.892. The molecule has 2 aromatic carbocycles. The maximum Gasteiger partial charge on any atom is 0.244 e. The molecule has 5 heteroatoms. The van der Waals surface area contributed by atoms with Crippen LogP contribution in [0.2, 0.25) is 0 Å². The lowest BCUT2D eigenvalue weighted by molar-refractivity contribution is 0.409. The molecule has 22 heavy (non-hydrogen) atoms. The quantitative estimate of drug-likeness (QED) is 0.469. The fraction of sp³-hybridized carbons (Fsp3) is 0.235. The van der Waals surface area contributed by atoms with Gasteiger partial charge in [0, 0.05) is 10.7 Å². The number of nitrogens with zero attached hydrogens (tertiary/aromatic N) is 1. The van der Waals surface area contributed by atoms with Gasteiger partial charge >= 0.3 is 0 Å². The molecule has 0 aromatic heterocycles. The summed E-state index contributed by atoms with van der Waals surface area (Å²) >= 11 is 3.43. The summed E-state index contributed by atoms with van der Waals surface area (Å²) in [7, 11) is 3.28. The van der Waals surface area contributed by atoms with Crippen LogP contribution in [0.4, 0.5) is 5.69 Å². The molecule has 0 aliphatic rings. The van der Waals surface area contributed by atoms with E-state index in [0.717, 1.165) is 40.6 Å². The molecule has 1 radical (unpaired) electrons. The molecule has 0 spiro atoms. The first-order valence-corrected chi connectivity index (χ1v) is 8.03. The molecule has 0 unspecified atom stereocenters. The van der Waals surface area contributed by atoms with E-state index in [1.54, 1.807) is 14.5 Å². The Balaban J connectivity index is 1.88. The SMILES string of the molecule is COc1ccccc1CCCC=Nc1ccc(Br)cc1[B]N. The van der Waals surface area contributed by atoms with Gasteiger partial charge in [0.2, 0.25) is 7.41 Å². The van der Waals surface area contributed by atoms with Crippen molar-refractivity contribution >= 4 is 40.7 Å². The Labute approximate surface area is 141 Å². The maximum absolute atomic E-state index is 5.62. The molecule has 0 bridgehead atoms. The van der Waals surface area contributed by atoms with E-state index in [0.29, 0.717) is 0 Å². The molecule has 2 rings (SSSR count). The summed E-state index contributed by atoms with van der Waals surface area (Å²) in [5.74, 6) is 0.951. The van der Waals surface area contributed by atoms with Crippen LogP contribution in [-0.2, 0) is 6.42 Å². The van der Waals surface area contributed by atoms with Crippen molar-refractivity contribution < 1.29 is 4.74 Å². The summed E-state index contributed by atoms with van der Waals surface area (Å²) in [6, 6.07) is 14.0. The van der Waals surface area contributed by atoms with Gasteiger partial charge in [-0.25, -0.2) is 0 Å². The smallest absolute Gasteiger partial charge is 0.244 e. The van der Waals surface area contributed by atoms with Crippen molar-refractivity contribution in [1.82, 2.24) is 0 Å². The van der Waals surface area contributed by atoms with Gasteiger partial charge in [0.1, 0.15) is 5.75 Å². The molecule has 0 aliphatic carbocycles. The lowest BCUT2D eigenvalue weighted by atomic mass is 9.83. The summed E-state index contributed by atoms with van der Waals surface area (Å²) in [6.45, 7) is 0. The zero-order valence-electron chi connectivity index (χ0n) is 12.6.